The van der Waals surface area contributed by atoms with Gasteiger partial charge in [0.25, 0.3) is 0 Å². The van der Waals surface area contributed by atoms with E-state index in [-0.39, 0.29) is 0 Å². The average molecular weight is 323 g/mol. The van der Waals surface area contributed by atoms with Gasteiger partial charge < -0.3 is 5.11 Å². The minimum absolute atomic E-state index is 0.361. The van der Waals surface area contributed by atoms with Crippen molar-refractivity contribution in [3.05, 3.63) is 25.3 Å². The zero-order valence-corrected chi connectivity index (χ0v) is 15.6. The fourth-order valence-corrected chi connectivity index (χ4v) is 3.32. The second kappa shape index (κ2) is 19.5. The van der Waals surface area contributed by atoms with Crippen molar-refractivity contribution in [1.82, 2.24) is 0 Å². The van der Waals surface area contributed by atoms with Crippen LogP contribution in [-0.2, 0) is 0 Å². The van der Waals surface area contributed by atoms with Gasteiger partial charge in [-0.15, -0.1) is 13.2 Å². The third-order valence-electron chi connectivity index (χ3n) is 4.81. The van der Waals surface area contributed by atoms with Gasteiger partial charge in [0.1, 0.15) is 0 Å². The maximum Gasteiger partial charge on any atom is 0.0431 e. The first-order valence-electron chi connectivity index (χ1n) is 10.2. The molecule has 0 amide bonds. The molecule has 0 saturated heterocycles. The minimum Gasteiger partial charge on any atom is -0.396 e. The molecule has 0 aliphatic heterocycles. The van der Waals surface area contributed by atoms with E-state index in [1.807, 2.05) is 12.2 Å². The Morgan fingerprint density at radius 2 is 0.957 bits per heavy atom. The first-order chi connectivity index (χ1) is 11.3. The number of hydrogen-bond acceptors (Lipinski definition) is 1. The lowest BCUT2D eigenvalue weighted by Gasteiger charge is -2.16. The summed E-state index contributed by atoms with van der Waals surface area (Å²) in [5.74, 6) is 0.850. The Kier molecular flexibility index (Phi) is 19.0. The molecule has 0 spiro atoms. The number of rotatable bonds is 19. The van der Waals surface area contributed by atoms with E-state index in [2.05, 4.69) is 13.2 Å². The SMILES string of the molecule is C=CCCCCCCCC(CCCO)CCCCCCCC=C. The summed E-state index contributed by atoms with van der Waals surface area (Å²) in [6.07, 6.45) is 25.0. The van der Waals surface area contributed by atoms with Gasteiger partial charge in [0.2, 0.25) is 0 Å². The van der Waals surface area contributed by atoms with Gasteiger partial charge in [-0.1, -0.05) is 76.4 Å². The summed E-state index contributed by atoms with van der Waals surface area (Å²) in [6.45, 7) is 7.92. The Morgan fingerprint density at radius 1 is 0.565 bits per heavy atom. The van der Waals surface area contributed by atoms with E-state index in [0.717, 1.165) is 12.3 Å². The smallest absolute Gasteiger partial charge is 0.0431 e. The van der Waals surface area contributed by atoms with Crippen LogP contribution in [0.1, 0.15) is 103 Å². The van der Waals surface area contributed by atoms with E-state index in [9.17, 15) is 0 Å². The molecule has 0 heterocycles. The summed E-state index contributed by atoms with van der Waals surface area (Å²) in [4.78, 5) is 0. The van der Waals surface area contributed by atoms with Crippen molar-refractivity contribution in [3.8, 4) is 0 Å². The molecular weight excluding hydrogens is 280 g/mol. The van der Waals surface area contributed by atoms with Crippen LogP contribution >= 0.6 is 0 Å². The summed E-state index contributed by atoms with van der Waals surface area (Å²) in [5.41, 5.74) is 0. The predicted octanol–water partition coefficient (Wildman–Crippen LogP) is 7.21. The second-order valence-corrected chi connectivity index (χ2v) is 7.00. The molecule has 0 atom stereocenters. The number of allylic oxidation sites excluding steroid dienone is 2. The molecule has 1 nitrogen and oxygen atoms in total. The molecule has 0 fully saturated rings. The molecule has 0 aromatic rings. The van der Waals surface area contributed by atoms with Crippen molar-refractivity contribution in [1.29, 1.82) is 0 Å². The van der Waals surface area contributed by atoms with Gasteiger partial charge >= 0.3 is 0 Å². The van der Waals surface area contributed by atoms with Crippen LogP contribution in [0.2, 0.25) is 0 Å². The fraction of sp³-hybridized carbons (Fsp3) is 0.818. The summed E-state index contributed by atoms with van der Waals surface area (Å²) in [6, 6.07) is 0. The Morgan fingerprint density at radius 3 is 1.39 bits per heavy atom. The lowest BCUT2D eigenvalue weighted by Crippen LogP contribution is -2.02. The molecule has 0 radical (unpaired) electrons. The summed E-state index contributed by atoms with van der Waals surface area (Å²) in [5, 5.41) is 9.08. The standard InChI is InChI=1S/C22H42O/c1-3-5-7-9-11-13-15-18-22(20-17-21-23)19-16-14-12-10-8-6-4-2/h3-4,22-23H,1-2,5-21H2. The lowest BCUT2D eigenvalue weighted by molar-refractivity contribution is 0.261. The van der Waals surface area contributed by atoms with Crippen molar-refractivity contribution in [2.75, 3.05) is 6.61 Å². The van der Waals surface area contributed by atoms with Crippen LogP contribution < -0.4 is 0 Å². The molecule has 0 aromatic carbocycles. The monoisotopic (exact) mass is 322 g/mol. The highest BCUT2D eigenvalue weighted by Crippen LogP contribution is 2.23. The molecule has 0 aliphatic carbocycles. The molecule has 0 rings (SSSR count). The molecule has 0 bridgehead atoms. The summed E-state index contributed by atoms with van der Waals surface area (Å²) < 4.78 is 0. The fourth-order valence-electron chi connectivity index (χ4n) is 3.32. The van der Waals surface area contributed by atoms with Crippen LogP contribution in [0.5, 0.6) is 0 Å². The number of aliphatic hydroxyl groups excluding tert-OH is 1. The number of hydrogen-bond donors (Lipinski definition) is 1. The highest BCUT2D eigenvalue weighted by atomic mass is 16.2. The van der Waals surface area contributed by atoms with Gasteiger partial charge in [0, 0.05) is 6.61 Å². The largest absolute Gasteiger partial charge is 0.396 e. The molecule has 23 heavy (non-hydrogen) atoms. The highest BCUT2D eigenvalue weighted by Gasteiger charge is 2.08. The molecule has 136 valence electrons. The van der Waals surface area contributed by atoms with Crippen LogP contribution in [0, 0.1) is 5.92 Å². The zero-order chi connectivity index (χ0) is 17.0. The normalized spacial score (nSPS) is 11.0. The van der Waals surface area contributed by atoms with E-state index in [1.165, 1.54) is 96.3 Å². The van der Waals surface area contributed by atoms with Crippen LogP contribution in [0.4, 0.5) is 0 Å². The summed E-state index contributed by atoms with van der Waals surface area (Å²) in [7, 11) is 0. The van der Waals surface area contributed by atoms with E-state index in [0.29, 0.717) is 6.61 Å². The third kappa shape index (κ3) is 17.6. The number of aliphatic hydroxyl groups is 1. The molecule has 0 unspecified atom stereocenters. The Labute approximate surface area is 146 Å². The minimum atomic E-state index is 0.361. The Hall–Kier alpha value is -0.560. The van der Waals surface area contributed by atoms with Crippen LogP contribution in [0.3, 0.4) is 0 Å². The van der Waals surface area contributed by atoms with Crippen molar-refractivity contribution >= 4 is 0 Å². The van der Waals surface area contributed by atoms with E-state index in [4.69, 9.17) is 5.11 Å². The van der Waals surface area contributed by atoms with Gasteiger partial charge in [0.15, 0.2) is 0 Å². The maximum absolute atomic E-state index is 9.08. The molecule has 0 saturated carbocycles. The molecule has 1 N–H and O–H groups in total. The first kappa shape index (κ1) is 22.4. The Balaban J connectivity index is 3.59. The number of unbranched alkanes of at least 4 members (excludes halogenated alkanes) is 10. The first-order valence-corrected chi connectivity index (χ1v) is 10.2. The van der Waals surface area contributed by atoms with Crippen molar-refractivity contribution in [2.45, 2.75) is 103 Å². The van der Waals surface area contributed by atoms with E-state index >= 15 is 0 Å². The van der Waals surface area contributed by atoms with Crippen LogP contribution in [0.25, 0.3) is 0 Å². The Bertz CT molecular complexity index is 224. The molecule has 0 aromatic heterocycles. The maximum atomic E-state index is 9.08. The topological polar surface area (TPSA) is 20.2 Å². The van der Waals surface area contributed by atoms with Gasteiger partial charge in [-0.3, -0.25) is 0 Å². The van der Waals surface area contributed by atoms with Crippen LogP contribution in [0.15, 0.2) is 25.3 Å². The summed E-state index contributed by atoms with van der Waals surface area (Å²) >= 11 is 0. The molecular formula is C22H42O. The molecule has 1 heteroatoms. The van der Waals surface area contributed by atoms with Crippen molar-refractivity contribution in [3.63, 3.8) is 0 Å². The van der Waals surface area contributed by atoms with Crippen molar-refractivity contribution in [2.24, 2.45) is 5.92 Å². The van der Waals surface area contributed by atoms with Gasteiger partial charge in [-0.05, 0) is 44.4 Å². The second-order valence-electron chi connectivity index (χ2n) is 7.00. The zero-order valence-electron chi connectivity index (χ0n) is 15.6. The van der Waals surface area contributed by atoms with Gasteiger partial charge in [-0.25, -0.2) is 0 Å². The average Bonchev–Trinajstić information content (AvgIpc) is 2.57. The predicted molar refractivity (Wildman–Crippen MR) is 105 cm³/mol. The quantitative estimate of drug-likeness (QED) is 0.197. The van der Waals surface area contributed by atoms with Crippen molar-refractivity contribution < 1.29 is 5.11 Å². The van der Waals surface area contributed by atoms with Crippen LogP contribution in [-0.4, -0.2) is 11.7 Å². The highest BCUT2D eigenvalue weighted by molar-refractivity contribution is 4.66. The van der Waals surface area contributed by atoms with Gasteiger partial charge in [0.05, 0.1) is 0 Å². The van der Waals surface area contributed by atoms with Gasteiger partial charge in [-0.2, -0.15) is 0 Å². The molecule has 0 aliphatic rings. The lowest BCUT2D eigenvalue weighted by atomic mass is 9.90. The van der Waals surface area contributed by atoms with E-state index < -0.39 is 0 Å². The van der Waals surface area contributed by atoms with E-state index in [1.54, 1.807) is 0 Å². The third-order valence-corrected chi connectivity index (χ3v) is 4.81.